The number of thioether (sulfide) groups is 1. The molecule has 0 unspecified atom stereocenters. The Kier molecular flexibility index (Phi) is 4.99. The smallest absolute Gasteiger partial charge is 0.130 e. The van der Waals surface area contributed by atoms with Crippen LogP contribution in [-0.4, -0.2) is 13.8 Å². The van der Waals surface area contributed by atoms with Gasteiger partial charge in [-0.3, -0.25) is 0 Å². The van der Waals surface area contributed by atoms with Crippen LogP contribution in [0, 0.1) is 11.6 Å². The molecule has 1 aromatic carbocycles. The second kappa shape index (κ2) is 5.82. The van der Waals surface area contributed by atoms with Gasteiger partial charge in [-0.1, -0.05) is 25.7 Å². The summed E-state index contributed by atoms with van der Waals surface area (Å²) in [5.74, 6) is 0.761. The Bertz CT molecular complexity index is 347. The Morgan fingerprint density at radius 2 is 1.88 bits per heavy atom. The fourth-order valence-corrected chi connectivity index (χ4v) is 4.82. The van der Waals surface area contributed by atoms with E-state index in [1.54, 1.807) is 11.8 Å². The second-order valence-electron chi connectivity index (χ2n) is 5.10. The van der Waals surface area contributed by atoms with Crippen LogP contribution in [0.25, 0.3) is 0 Å². The molecule has 0 atom stereocenters. The van der Waals surface area contributed by atoms with Gasteiger partial charge in [-0.25, -0.2) is 8.78 Å². The van der Waals surface area contributed by atoms with Gasteiger partial charge >= 0.3 is 0 Å². The summed E-state index contributed by atoms with van der Waals surface area (Å²) in [5, 5.41) is 0. The van der Waals surface area contributed by atoms with E-state index in [0.717, 1.165) is 11.8 Å². The van der Waals surface area contributed by atoms with E-state index in [2.05, 4.69) is 19.6 Å². The fourth-order valence-electron chi connectivity index (χ4n) is 1.20. The van der Waals surface area contributed by atoms with Crippen molar-refractivity contribution in [2.75, 3.05) is 5.75 Å². The molecule has 0 bridgehead atoms. The van der Waals surface area contributed by atoms with E-state index < -0.39 is 19.7 Å². The topological polar surface area (TPSA) is 0 Å². The van der Waals surface area contributed by atoms with Crippen LogP contribution in [0.15, 0.2) is 18.2 Å². The molecule has 1 aromatic rings. The molecule has 0 fully saturated rings. The molecule has 0 saturated heterocycles. The Labute approximate surface area is 101 Å². The van der Waals surface area contributed by atoms with Gasteiger partial charge in [-0.2, -0.15) is 11.8 Å². The van der Waals surface area contributed by atoms with Crippen LogP contribution in [0.1, 0.15) is 5.56 Å². The summed E-state index contributed by atoms with van der Waals surface area (Å²) in [4.78, 5) is 0. The van der Waals surface area contributed by atoms with Crippen LogP contribution in [-0.2, 0) is 5.75 Å². The third-order valence-corrected chi connectivity index (χ3v) is 5.39. The van der Waals surface area contributed by atoms with Gasteiger partial charge in [-0.05, 0) is 23.4 Å². The normalized spacial score (nSPS) is 11.8. The maximum atomic E-state index is 13.3. The zero-order chi connectivity index (χ0) is 12.2. The van der Waals surface area contributed by atoms with Crippen LogP contribution in [0.4, 0.5) is 8.78 Å². The third-order valence-electron chi connectivity index (χ3n) is 2.27. The van der Waals surface area contributed by atoms with Crippen molar-refractivity contribution in [1.82, 2.24) is 0 Å². The van der Waals surface area contributed by atoms with Crippen LogP contribution in [0.2, 0.25) is 25.7 Å². The van der Waals surface area contributed by atoms with Crippen molar-refractivity contribution < 1.29 is 8.78 Å². The Morgan fingerprint density at radius 1 is 1.19 bits per heavy atom. The van der Waals surface area contributed by atoms with Crippen molar-refractivity contribution in [3.8, 4) is 0 Å². The van der Waals surface area contributed by atoms with Gasteiger partial charge < -0.3 is 0 Å². The van der Waals surface area contributed by atoms with Crippen molar-refractivity contribution in [2.45, 2.75) is 31.4 Å². The van der Waals surface area contributed by atoms with E-state index in [1.807, 2.05) is 0 Å². The zero-order valence-corrected chi connectivity index (χ0v) is 11.8. The van der Waals surface area contributed by atoms with Gasteiger partial charge in [-0.15, -0.1) is 0 Å². The van der Waals surface area contributed by atoms with Crippen molar-refractivity contribution in [2.24, 2.45) is 0 Å². The average molecular weight is 260 g/mol. The molecule has 0 amide bonds. The monoisotopic (exact) mass is 260 g/mol. The lowest BCUT2D eigenvalue weighted by Gasteiger charge is -2.14. The molecular weight excluding hydrogens is 242 g/mol. The Hall–Kier alpha value is -0.353. The number of benzene rings is 1. The van der Waals surface area contributed by atoms with E-state index >= 15 is 0 Å². The van der Waals surface area contributed by atoms with Crippen LogP contribution < -0.4 is 0 Å². The molecule has 0 saturated carbocycles. The first kappa shape index (κ1) is 13.7. The molecule has 0 radical (unpaired) electrons. The van der Waals surface area contributed by atoms with Gasteiger partial charge in [0, 0.05) is 19.9 Å². The maximum Gasteiger partial charge on any atom is 0.130 e. The molecule has 0 aliphatic heterocycles. The van der Waals surface area contributed by atoms with Crippen molar-refractivity contribution in [3.05, 3.63) is 35.4 Å². The molecule has 0 nitrogen and oxygen atoms in total. The molecule has 0 N–H and O–H groups in total. The minimum atomic E-state index is -0.993. The number of rotatable bonds is 5. The summed E-state index contributed by atoms with van der Waals surface area (Å²) in [7, 11) is -0.993. The van der Waals surface area contributed by atoms with Gasteiger partial charge in [0.1, 0.15) is 11.6 Å². The van der Waals surface area contributed by atoms with Gasteiger partial charge in [0.25, 0.3) is 0 Å². The number of halogens is 2. The Morgan fingerprint density at radius 3 is 2.44 bits per heavy atom. The molecule has 0 aromatic heterocycles. The summed E-state index contributed by atoms with van der Waals surface area (Å²) in [5.41, 5.74) is 0.599. The molecule has 1 rings (SSSR count). The molecule has 0 heterocycles. The lowest BCUT2D eigenvalue weighted by Crippen LogP contribution is -2.19. The SMILES string of the molecule is C[Si](C)(C)CCSCc1ccc(F)cc1F. The summed E-state index contributed by atoms with van der Waals surface area (Å²) in [6.45, 7) is 6.98. The highest BCUT2D eigenvalue weighted by molar-refractivity contribution is 7.98. The molecule has 90 valence electrons. The molecule has 4 heteroatoms. The van der Waals surface area contributed by atoms with Crippen molar-refractivity contribution >= 4 is 19.8 Å². The van der Waals surface area contributed by atoms with Gasteiger partial charge in [0.15, 0.2) is 0 Å². The highest BCUT2D eigenvalue weighted by atomic mass is 32.2. The van der Waals surface area contributed by atoms with Crippen molar-refractivity contribution in [3.63, 3.8) is 0 Å². The van der Waals surface area contributed by atoms with E-state index in [0.29, 0.717) is 11.3 Å². The van der Waals surface area contributed by atoms with Gasteiger partial charge in [0.05, 0.1) is 0 Å². The summed E-state index contributed by atoms with van der Waals surface area (Å²) < 4.78 is 25.9. The van der Waals surface area contributed by atoms with E-state index in [-0.39, 0.29) is 0 Å². The largest absolute Gasteiger partial charge is 0.207 e. The molecule has 16 heavy (non-hydrogen) atoms. The second-order valence-corrected chi connectivity index (χ2v) is 11.8. The predicted molar refractivity (Wildman–Crippen MR) is 70.7 cm³/mol. The lowest BCUT2D eigenvalue weighted by atomic mass is 10.2. The molecule has 0 aliphatic carbocycles. The van der Waals surface area contributed by atoms with E-state index in [1.165, 1.54) is 18.2 Å². The first-order valence-corrected chi connectivity index (χ1v) is 10.3. The summed E-state index contributed by atoms with van der Waals surface area (Å²) in [6.07, 6.45) is 0. The van der Waals surface area contributed by atoms with E-state index in [4.69, 9.17) is 0 Å². The molecule has 0 spiro atoms. The van der Waals surface area contributed by atoms with Crippen LogP contribution in [0.5, 0.6) is 0 Å². The zero-order valence-electron chi connectivity index (χ0n) is 10.0. The van der Waals surface area contributed by atoms with E-state index in [9.17, 15) is 8.78 Å². The standard InChI is InChI=1S/C12H18F2SSi/c1-16(2,3)7-6-15-9-10-4-5-11(13)8-12(10)14/h4-5,8H,6-7,9H2,1-3H3. The molecule has 0 aliphatic rings. The predicted octanol–water partition coefficient (Wildman–Crippen LogP) is 4.54. The Balaban J connectivity index is 2.38. The first-order valence-electron chi connectivity index (χ1n) is 5.40. The quantitative estimate of drug-likeness (QED) is 0.553. The minimum Gasteiger partial charge on any atom is -0.207 e. The lowest BCUT2D eigenvalue weighted by molar-refractivity contribution is 0.576. The third kappa shape index (κ3) is 5.12. The average Bonchev–Trinajstić information content (AvgIpc) is 2.13. The van der Waals surface area contributed by atoms with Crippen LogP contribution in [0.3, 0.4) is 0 Å². The highest BCUT2D eigenvalue weighted by Gasteiger charge is 2.12. The minimum absolute atomic E-state index is 0.430. The number of hydrogen-bond donors (Lipinski definition) is 0. The fraction of sp³-hybridized carbons (Fsp3) is 0.500. The maximum absolute atomic E-state index is 13.3. The number of hydrogen-bond acceptors (Lipinski definition) is 1. The highest BCUT2D eigenvalue weighted by Crippen LogP contribution is 2.20. The first-order chi connectivity index (χ1) is 7.38. The van der Waals surface area contributed by atoms with Crippen LogP contribution >= 0.6 is 11.8 Å². The molecular formula is C12H18F2SSi. The summed E-state index contributed by atoms with van der Waals surface area (Å²) in [6, 6.07) is 5.04. The summed E-state index contributed by atoms with van der Waals surface area (Å²) >= 11 is 1.73. The van der Waals surface area contributed by atoms with Gasteiger partial charge in [0.2, 0.25) is 0 Å². The van der Waals surface area contributed by atoms with Crippen molar-refractivity contribution in [1.29, 1.82) is 0 Å².